The summed E-state index contributed by atoms with van der Waals surface area (Å²) in [5, 5.41) is 8.23. The Morgan fingerprint density at radius 2 is 1.88 bits per heavy atom. The molecule has 0 aromatic rings. The molecule has 48 valence electrons. The van der Waals surface area contributed by atoms with E-state index < -0.39 is 5.97 Å². The van der Waals surface area contributed by atoms with Crippen LogP contribution in [0.15, 0.2) is 0 Å². The molecule has 0 aliphatic heterocycles. The average molecular weight is 119 g/mol. The minimum absolute atomic E-state index is 0.181. The van der Waals surface area contributed by atoms with E-state index in [9.17, 15) is 4.79 Å². The van der Waals surface area contributed by atoms with Gasteiger partial charge in [-0.1, -0.05) is 0 Å². The van der Waals surface area contributed by atoms with Gasteiger partial charge in [-0.3, -0.25) is 0 Å². The van der Waals surface area contributed by atoms with E-state index in [0.29, 0.717) is 4.48 Å². The fourth-order valence-electron chi connectivity index (χ4n) is 0.406. The fraction of sp³-hybridized carbons (Fsp3) is 0.800. The fourth-order valence-corrected chi connectivity index (χ4v) is 0.406. The summed E-state index contributed by atoms with van der Waals surface area (Å²) in [6.07, 6.45) is 0. The van der Waals surface area contributed by atoms with Gasteiger partial charge in [-0.15, -0.1) is 0 Å². The van der Waals surface area contributed by atoms with E-state index in [1.165, 1.54) is 0 Å². The molecule has 0 aliphatic carbocycles. The van der Waals surface area contributed by atoms with E-state index >= 15 is 0 Å². The SMILES string of the molecule is C[15N+](C)(C)CC(=O)O. The largest absolute Gasteiger partial charge is 0.477 e. The van der Waals surface area contributed by atoms with Gasteiger partial charge < -0.3 is 9.59 Å². The molecule has 0 spiro atoms. The van der Waals surface area contributed by atoms with E-state index in [1.54, 1.807) is 0 Å². The minimum Gasteiger partial charge on any atom is -0.477 e. The zero-order chi connectivity index (χ0) is 6.78. The van der Waals surface area contributed by atoms with Gasteiger partial charge in [0.1, 0.15) is 0 Å². The molecule has 0 fully saturated rings. The van der Waals surface area contributed by atoms with Gasteiger partial charge in [0, 0.05) is 0 Å². The Bertz CT molecular complexity index is 93.1. The molecule has 3 nitrogen and oxygen atoms in total. The Hall–Kier alpha value is -0.570. The van der Waals surface area contributed by atoms with Crippen molar-refractivity contribution in [3.05, 3.63) is 0 Å². The summed E-state index contributed by atoms with van der Waals surface area (Å²) < 4.78 is 0.481. The second-order valence-corrected chi connectivity index (χ2v) is 2.84. The molecule has 0 aromatic heterocycles. The molecule has 0 aliphatic rings. The summed E-state index contributed by atoms with van der Waals surface area (Å²) in [6.45, 7) is 0.181. The number of nitrogens with zero attached hydrogens (tertiary/aromatic N) is 1. The lowest BCUT2D eigenvalue weighted by Crippen LogP contribution is -2.39. The number of quaternary nitrogens is 1. The lowest BCUT2D eigenvalue weighted by atomic mass is 10.6. The van der Waals surface area contributed by atoms with Crippen molar-refractivity contribution in [2.45, 2.75) is 0 Å². The van der Waals surface area contributed by atoms with Gasteiger partial charge in [-0.05, 0) is 0 Å². The van der Waals surface area contributed by atoms with Crippen LogP contribution in [-0.2, 0) is 4.79 Å². The third-order valence-electron chi connectivity index (χ3n) is 0.610. The zero-order valence-corrected chi connectivity index (χ0v) is 5.51. The van der Waals surface area contributed by atoms with Crippen LogP contribution in [0.1, 0.15) is 0 Å². The van der Waals surface area contributed by atoms with Crippen LogP contribution in [0.5, 0.6) is 0 Å². The molecule has 0 heterocycles. The van der Waals surface area contributed by atoms with E-state index in [2.05, 4.69) is 0 Å². The molecule has 0 rings (SSSR count). The first-order valence-corrected chi connectivity index (χ1v) is 2.44. The highest BCUT2D eigenvalue weighted by atomic mass is 16.4. The average Bonchev–Trinajstić information content (AvgIpc) is 1.21. The zero-order valence-electron chi connectivity index (χ0n) is 5.51. The predicted molar refractivity (Wildman–Crippen MR) is 30.5 cm³/mol. The van der Waals surface area contributed by atoms with Crippen molar-refractivity contribution < 1.29 is 14.4 Å². The molecule has 0 saturated heterocycles. The minimum atomic E-state index is -0.752. The first kappa shape index (κ1) is 7.43. The van der Waals surface area contributed by atoms with Crippen molar-refractivity contribution >= 4 is 5.97 Å². The van der Waals surface area contributed by atoms with Crippen LogP contribution in [0.4, 0.5) is 0 Å². The molecule has 0 atom stereocenters. The molecule has 3 heteroatoms. The van der Waals surface area contributed by atoms with E-state index in [1.807, 2.05) is 21.1 Å². The Kier molecular flexibility index (Phi) is 1.98. The van der Waals surface area contributed by atoms with Crippen LogP contribution in [0.2, 0.25) is 0 Å². The number of hydrogen-bond acceptors (Lipinski definition) is 1. The highest BCUT2D eigenvalue weighted by Crippen LogP contribution is 1.86. The first-order chi connectivity index (χ1) is 3.42. The summed E-state index contributed by atoms with van der Waals surface area (Å²) in [4.78, 5) is 10.00. The summed E-state index contributed by atoms with van der Waals surface area (Å²) in [5.74, 6) is -0.752. The monoisotopic (exact) mass is 119 g/mol. The van der Waals surface area contributed by atoms with E-state index in [-0.39, 0.29) is 6.54 Å². The van der Waals surface area contributed by atoms with Crippen LogP contribution in [0.3, 0.4) is 0 Å². The standard InChI is InChI=1S/C5H11NO2/c1-6(2,3)4-5(7)8/h4H2,1-3H3/p+1/i6+1. The van der Waals surface area contributed by atoms with Crippen molar-refractivity contribution in [1.29, 1.82) is 0 Å². The van der Waals surface area contributed by atoms with Crippen LogP contribution < -0.4 is 0 Å². The molecular weight excluding hydrogens is 107 g/mol. The third-order valence-corrected chi connectivity index (χ3v) is 0.610. The maximum atomic E-state index is 10.00. The molecular formula is C5H12NO2+. The summed E-state index contributed by atoms with van der Waals surface area (Å²) in [6, 6.07) is 0. The van der Waals surface area contributed by atoms with E-state index in [4.69, 9.17) is 5.11 Å². The number of carboxylic acids is 1. The molecule has 8 heavy (non-hydrogen) atoms. The lowest BCUT2D eigenvalue weighted by Gasteiger charge is -2.20. The van der Waals surface area contributed by atoms with Crippen LogP contribution >= 0.6 is 0 Å². The van der Waals surface area contributed by atoms with Crippen molar-refractivity contribution in [3.8, 4) is 0 Å². The van der Waals surface area contributed by atoms with Crippen molar-refractivity contribution in [2.75, 3.05) is 27.7 Å². The second-order valence-electron chi connectivity index (χ2n) is 2.84. The van der Waals surface area contributed by atoms with Gasteiger partial charge in [0.05, 0.1) is 21.1 Å². The number of aliphatic carboxylic acids is 1. The molecule has 0 bridgehead atoms. The van der Waals surface area contributed by atoms with Gasteiger partial charge in [0.25, 0.3) is 0 Å². The number of likely N-dealkylation sites (N-methyl/N-ethyl adjacent to an activating group) is 1. The summed E-state index contributed by atoms with van der Waals surface area (Å²) >= 11 is 0. The molecule has 0 unspecified atom stereocenters. The molecule has 0 saturated carbocycles. The summed E-state index contributed by atoms with van der Waals surface area (Å²) in [7, 11) is 5.52. The quantitative estimate of drug-likeness (QED) is 0.403. The Balaban J connectivity index is 3.55. The van der Waals surface area contributed by atoms with Crippen LogP contribution in [-0.4, -0.2) is 43.2 Å². The number of carbonyl (C=O) groups is 1. The normalized spacial score (nSPS) is 11.4. The molecule has 0 amide bonds. The van der Waals surface area contributed by atoms with Gasteiger partial charge in [-0.25, -0.2) is 4.79 Å². The van der Waals surface area contributed by atoms with Gasteiger partial charge in [0.15, 0.2) is 6.54 Å². The van der Waals surface area contributed by atoms with Crippen molar-refractivity contribution in [3.63, 3.8) is 0 Å². The Labute approximate surface area is 49.1 Å². The number of hydrogen-bond donors (Lipinski definition) is 1. The smallest absolute Gasteiger partial charge is 0.359 e. The Morgan fingerprint density at radius 1 is 1.50 bits per heavy atom. The highest BCUT2D eigenvalue weighted by Gasteiger charge is 2.11. The van der Waals surface area contributed by atoms with Crippen molar-refractivity contribution in [1.82, 2.24) is 0 Å². The number of carboxylic acid groups (broad SMARTS) is 1. The molecule has 0 radical (unpaired) electrons. The number of rotatable bonds is 2. The Morgan fingerprint density at radius 3 is 1.88 bits per heavy atom. The third kappa shape index (κ3) is 5.43. The maximum absolute atomic E-state index is 10.00. The topological polar surface area (TPSA) is 37.3 Å². The van der Waals surface area contributed by atoms with E-state index in [0.717, 1.165) is 0 Å². The van der Waals surface area contributed by atoms with Crippen LogP contribution in [0.25, 0.3) is 0 Å². The maximum Gasteiger partial charge on any atom is 0.359 e. The van der Waals surface area contributed by atoms with Gasteiger partial charge in [-0.2, -0.15) is 0 Å². The van der Waals surface area contributed by atoms with Crippen LogP contribution in [0, 0.1) is 0 Å². The first-order valence-electron chi connectivity index (χ1n) is 2.44. The second kappa shape index (κ2) is 2.13. The van der Waals surface area contributed by atoms with Crippen molar-refractivity contribution in [2.24, 2.45) is 0 Å². The lowest BCUT2D eigenvalue weighted by molar-refractivity contribution is -0.862. The van der Waals surface area contributed by atoms with Gasteiger partial charge >= 0.3 is 5.97 Å². The molecule has 1 N–H and O–H groups in total. The predicted octanol–water partition coefficient (Wildman–Crippen LogP) is -0.223. The van der Waals surface area contributed by atoms with Gasteiger partial charge in [0.2, 0.25) is 0 Å². The molecule has 0 aromatic carbocycles. The summed E-state index contributed by atoms with van der Waals surface area (Å²) in [5.41, 5.74) is 0. The highest BCUT2D eigenvalue weighted by molar-refractivity contribution is 5.67.